The number of nitrogens with one attached hydrogen (secondary N) is 1. The van der Waals surface area contributed by atoms with Gasteiger partial charge in [-0.3, -0.25) is 0 Å². The molecule has 1 aliphatic carbocycles. The van der Waals surface area contributed by atoms with E-state index < -0.39 is 0 Å². The predicted octanol–water partition coefficient (Wildman–Crippen LogP) is 1.46. The van der Waals surface area contributed by atoms with Crippen molar-refractivity contribution in [1.29, 1.82) is 0 Å². The van der Waals surface area contributed by atoms with Crippen LogP contribution in [-0.4, -0.2) is 12.1 Å². The quantitative estimate of drug-likeness (QED) is 0.382. The Morgan fingerprint density at radius 1 is 1.33 bits per heavy atom. The average Bonchev–Trinajstić information content (AvgIpc) is 2.46. The highest BCUT2D eigenvalue weighted by Crippen LogP contribution is 2.21. The fraction of sp³-hybridized carbons (Fsp3) is 0.750. The molecule has 1 aliphatic heterocycles. The number of allylic oxidation sites excluding steroid dienone is 1. The molecule has 1 N–H and O–H groups in total. The van der Waals surface area contributed by atoms with Crippen molar-refractivity contribution < 1.29 is 0 Å². The summed E-state index contributed by atoms with van der Waals surface area (Å²) in [4.78, 5) is 0. The van der Waals surface area contributed by atoms with Crippen LogP contribution in [0.1, 0.15) is 25.7 Å². The zero-order valence-electron chi connectivity index (χ0n) is 5.64. The fourth-order valence-electron chi connectivity index (χ4n) is 1.51. The van der Waals surface area contributed by atoms with E-state index in [1.165, 1.54) is 25.7 Å². The van der Waals surface area contributed by atoms with Crippen LogP contribution in [0.2, 0.25) is 0 Å². The molecule has 2 unspecified atom stereocenters. The molecule has 0 aromatic rings. The molecule has 1 saturated heterocycles. The molecule has 2 aliphatic rings. The number of fused-ring (bicyclic) bond motifs is 1. The monoisotopic (exact) mass is 123 g/mol. The lowest BCUT2D eigenvalue weighted by Gasteiger charge is -1.97. The van der Waals surface area contributed by atoms with Crippen LogP contribution in [0.4, 0.5) is 0 Å². The lowest BCUT2D eigenvalue weighted by molar-refractivity contribution is 0.666. The number of hydrogen-bond donors (Lipinski definition) is 1. The van der Waals surface area contributed by atoms with Crippen molar-refractivity contribution in [2.45, 2.75) is 37.8 Å². The first-order chi connectivity index (χ1) is 4.47. The highest BCUT2D eigenvalue weighted by Gasteiger charge is 2.32. The van der Waals surface area contributed by atoms with Crippen molar-refractivity contribution in [2.24, 2.45) is 0 Å². The number of hydrogen-bond acceptors (Lipinski definition) is 1. The second-order valence-corrected chi connectivity index (χ2v) is 3.01. The van der Waals surface area contributed by atoms with Crippen molar-refractivity contribution >= 4 is 0 Å². The van der Waals surface area contributed by atoms with Gasteiger partial charge in [0, 0.05) is 12.1 Å². The Kier molecular flexibility index (Phi) is 1.31. The van der Waals surface area contributed by atoms with Crippen molar-refractivity contribution in [1.82, 2.24) is 5.32 Å². The van der Waals surface area contributed by atoms with Gasteiger partial charge in [0.1, 0.15) is 0 Å². The molecule has 0 bridgehead atoms. The second-order valence-electron chi connectivity index (χ2n) is 3.01. The summed E-state index contributed by atoms with van der Waals surface area (Å²) >= 11 is 0. The van der Waals surface area contributed by atoms with Crippen LogP contribution in [0.5, 0.6) is 0 Å². The Balaban J connectivity index is 1.95. The average molecular weight is 123 g/mol. The van der Waals surface area contributed by atoms with E-state index in [4.69, 9.17) is 0 Å². The van der Waals surface area contributed by atoms with E-state index in [1.807, 2.05) is 0 Å². The van der Waals surface area contributed by atoms with E-state index in [0.717, 1.165) is 12.1 Å². The summed E-state index contributed by atoms with van der Waals surface area (Å²) in [5, 5.41) is 3.42. The van der Waals surface area contributed by atoms with Crippen LogP contribution in [-0.2, 0) is 0 Å². The standard InChI is InChI=1S/C8H13N/c1-2-4-6-8-7(9-8)5-3-1/h3,5,7-9H,1-2,4,6H2. The molecular weight excluding hydrogens is 110 g/mol. The molecule has 0 radical (unpaired) electrons. The topological polar surface area (TPSA) is 21.9 Å². The Morgan fingerprint density at radius 3 is 3.33 bits per heavy atom. The summed E-state index contributed by atoms with van der Waals surface area (Å²) in [7, 11) is 0. The van der Waals surface area contributed by atoms with Gasteiger partial charge in [-0.05, 0) is 19.3 Å². The highest BCUT2D eigenvalue weighted by atomic mass is 15.1. The summed E-state index contributed by atoms with van der Waals surface area (Å²) in [5.41, 5.74) is 0. The summed E-state index contributed by atoms with van der Waals surface area (Å²) in [6.07, 6.45) is 10.1. The largest absolute Gasteiger partial charge is 0.304 e. The van der Waals surface area contributed by atoms with Gasteiger partial charge < -0.3 is 5.32 Å². The third kappa shape index (κ3) is 1.16. The molecule has 0 saturated carbocycles. The SMILES string of the molecule is C1=CC2NC2CCCC1. The van der Waals surface area contributed by atoms with Crippen LogP contribution >= 0.6 is 0 Å². The summed E-state index contributed by atoms with van der Waals surface area (Å²) in [6.45, 7) is 0. The molecule has 1 fully saturated rings. The van der Waals surface area contributed by atoms with E-state index in [1.54, 1.807) is 0 Å². The Morgan fingerprint density at radius 2 is 2.33 bits per heavy atom. The van der Waals surface area contributed by atoms with Crippen molar-refractivity contribution in [3.8, 4) is 0 Å². The third-order valence-electron chi connectivity index (χ3n) is 2.21. The van der Waals surface area contributed by atoms with E-state index in [2.05, 4.69) is 17.5 Å². The molecule has 1 heterocycles. The van der Waals surface area contributed by atoms with Gasteiger partial charge in [0.2, 0.25) is 0 Å². The lowest BCUT2D eigenvalue weighted by atomic mass is 10.1. The maximum absolute atomic E-state index is 3.42. The fourth-order valence-corrected chi connectivity index (χ4v) is 1.51. The van der Waals surface area contributed by atoms with Crippen molar-refractivity contribution in [2.75, 3.05) is 0 Å². The van der Waals surface area contributed by atoms with E-state index in [-0.39, 0.29) is 0 Å². The van der Waals surface area contributed by atoms with Crippen LogP contribution in [0.25, 0.3) is 0 Å². The zero-order valence-corrected chi connectivity index (χ0v) is 5.64. The predicted molar refractivity (Wildman–Crippen MR) is 38.3 cm³/mol. The van der Waals surface area contributed by atoms with Gasteiger partial charge in [-0.15, -0.1) is 0 Å². The van der Waals surface area contributed by atoms with E-state index in [9.17, 15) is 0 Å². The molecule has 1 heteroatoms. The van der Waals surface area contributed by atoms with Crippen LogP contribution < -0.4 is 5.32 Å². The van der Waals surface area contributed by atoms with E-state index in [0.29, 0.717) is 0 Å². The third-order valence-corrected chi connectivity index (χ3v) is 2.21. The van der Waals surface area contributed by atoms with Gasteiger partial charge in [0.15, 0.2) is 0 Å². The van der Waals surface area contributed by atoms with Crippen LogP contribution in [0, 0.1) is 0 Å². The number of rotatable bonds is 0. The highest BCUT2D eigenvalue weighted by molar-refractivity contribution is 5.12. The van der Waals surface area contributed by atoms with Crippen molar-refractivity contribution in [3.63, 3.8) is 0 Å². The maximum Gasteiger partial charge on any atom is 0.0408 e. The molecule has 0 amide bonds. The summed E-state index contributed by atoms with van der Waals surface area (Å²) < 4.78 is 0. The molecule has 2 rings (SSSR count). The molecule has 50 valence electrons. The molecule has 2 atom stereocenters. The van der Waals surface area contributed by atoms with Crippen molar-refractivity contribution in [3.05, 3.63) is 12.2 Å². The minimum Gasteiger partial charge on any atom is -0.304 e. The second kappa shape index (κ2) is 2.14. The first-order valence-electron chi connectivity index (χ1n) is 3.89. The molecule has 1 nitrogen and oxygen atoms in total. The smallest absolute Gasteiger partial charge is 0.0408 e. The van der Waals surface area contributed by atoms with Gasteiger partial charge in [-0.25, -0.2) is 0 Å². The Labute approximate surface area is 56.1 Å². The van der Waals surface area contributed by atoms with Gasteiger partial charge in [-0.1, -0.05) is 18.6 Å². The van der Waals surface area contributed by atoms with Gasteiger partial charge in [0.25, 0.3) is 0 Å². The molecular formula is C8H13N. The molecule has 0 aromatic heterocycles. The lowest BCUT2D eigenvalue weighted by Crippen LogP contribution is -1.93. The minimum absolute atomic E-state index is 0.755. The molecule has 9 heavy (non-hydrogen) atoms. The minimum atomic E-state index is 0.755. The first kappa shape index (κ1) is 5.48. The van der Waals surface area contributed by atoms with E-state index >= 15 is 0 Å². The Bertz CT molecular complexity index is 129. The van der Waals surface area contributed by atoms with Gasteiger partial charge in [-0.2, -0.15) is 0 Å². The normalized spacial score (nSPS) is 40.9. The first-order valence-corrected chi connectivity index (χ1v) is 3.89. The Hall–Kier alpha value is -0.300. The van der Waals surface area contributed by atoms with Crippen LogP contribution in [0.3, 0.4) is 0 Å². The molecule has 0 spiro atoms. The summed E-state index contributed by atoms with van der Waals surface area (Å²) in [6, 6.07) is 1.60. The summed E-state index contributed by atoms with van der Waals surface area (Å²) in [5.74, 6) is 0. The van der Waals surface area contributed by atoms with Gasteiger partial charge >= 0.3 is 0 Å². The maximum atomic E-state index is 3.42. The van der Waals surface area contributed by atoms with Gasteiger partial charge in [0.05, 0.1) is 0 Å². The zero-order chi connectivity index (χ0) is 6.10. The van der Waals surface area contributed by atoms with Crippen LogP contribution in [0.15, 0.2) is 12.2 Å². The molecule has 0 aromatic carbocycles.